The summed E-state index contributed by atoms with van der Waals surface area (Å²) in [5.74, 6) is 0. The van der Waals surface area contributed by atoms with E-state index in [-0.39, 0.29) is 16.4 Å². The Labute approximate surface area is 178 Å². The molecule has 0 saturated carbocycles. The lowest BCUT2D eigenvalue weighted by Gasteiger charge is -2.00. The van der Waals surface area contributed by atoms with Crippen LogP contribution in [-0.2, 0) is 19.4 Å². The highest BCUT2D eigenvalue weighted by Crippen LogP contribution is 2.24. The van der Waals surface area contributed by atoms with Gasteiger partial charge >= 0.3 is 9.33 Å². The second kappa shape index (κ2) is 11.2. The monoisotopic (exact) mass is 509 g/mol. The molecular weight excluding hydrogens is 501 g/mol. The van der Waals surface area contributed by atoms with E-state index in [4.69, 9.17) is 41.3 Å². The Hall–Kier alpha value is -2.07. The van der Waals surface area contributed by atoms with Gasteiger partial charge in [-0.2, -0.15) is 8.42 Å². The average Bonchev–Trinajstić information content (AvgIpc) is 2.53. The van der Waals surface area contributed by atoms with Crippen LogP contribution in [0.25, 0.3) is 0 Å². The van der Waals surface area contributed by atoms with Gasteiger partial charge in [0.1, 0.15) is 4.90 Å². The predicted molar refractivity (Wildman–Crippen MR) is 105 cm³/mol. The first-order valence-corrected chi connectivity index (χ1v) is 11.1. The third kappa shape index (κ3) is 12.2. The van der Waals surface area contributed by atoms with Gasteiger partial charge in [-0.25, -0.2) is 13.6 Å². The minimum absolute atomic E-state index is 0.0596. The normalized spacial score (nSPS) is 10.7. The largest absolute Gasteiger partial charge is 0.353 e. The number of nitrogens with zero attached hydrogens (tertiary/aromatic N) is 2. The van der Waals surface area contributed by atoms with Gasteiger partial charge in [0.15, 0.2) is 0 Å². The van der Waals surface area contributed by atoms with Crippen molar-refractivity contribution in [1.82, 2.24) is 0 Å². The van der Waals surface area contributed by atoms with E-state index >= 15 is 0 Å². The lowest BCUT2D eigenvalue weighted by molar-refractivity contribution is -0.385. The SMILES string of the molecule is NS(=O)(=O)c1cc([N+](=O)[O-])ccc1Cl.O=S(=O)(O)Cl.O=[N+]([O-])c1ccc(Cl)cc1. The second-order valence-electron chi connectivity index (χ2n) is 4.56. The van der Waals surface area contributed by atoms with E-state index in [1.807, 2.05) is 0 Å². The molecule has 0 aliphatic heterocycles. The maximum Gasteiger partial charge on any atom is 0.353 e. The van der Waals surface area contributed by atoms with E-state index < -0.39 is 34.1 Å². The molecule has 0 atom stereocenters. The molecule has 17 heteroatoms. The van der Waals surface area contributed by atoms with Gasteiger partial charge in [-0.05, 0) is 18.2 Å². The number of hydrogen-bond donors (Lipinski definition) is 2. The molecule has 12 nitrogen and oxygen atoms in total. The molecule has 0 heterocycles. The van der Waals surface area contributed by atoms with Gasteiger partial charge in [0.25, 0.3) is 11.4 Å². The molecule has 0 aliphatic rings. The zero-order chi connectivity index (χ0) is 23.0. The van der Waals surface area contributed by atoms with Crippen LogP contribution in [0.15, 0.2) is 47.4 Å². The molecule has 0 aliphatic carbocycles. The smallest absolute Gasteiger partial charge is 0.273 e. The molecule has 0 spiro atoms. The van der Waals surface area contributed by atoms with Crippen molar-refractivity contribution in [3.8, 4) is 0 Å². The van der Waals surface area contributed by atoms with Gasteiger partial charge in [-0.15, -0.1) is 0 Å². The molecule has 2 aromatic rings. The van der Waals surface area contributed by atoms with Crippen LogP contribution >= 0.6 is 33.9 Å². The van der Waals surface area contributed by atoms with Gasteiger partial charge < -0.3 is 0 Å². The van der Waals surface area contributed by atoms with E-state index in [9.17, 15) is 28.6 Å². The summed E-state index contributed by atoms with van der Waals surface area (Å²) in [5, 5.41) is 25.5. The number of primary sulfonamides is 1. The van der Waals surface area contributed by atoms with Crippen LogP contribution in [0, 0.1) is 20.2 Å². The Morgan fingerprint density at radius 1 is 0.862 bits per heavy atom. The summed E-state index contributed by atoms with van der Waals surface area (Å²) in [5.41, 5.74) is -0.317. The number of non-ortho nitro benzene ring substituents is 2. The number of nitro benzene ring substituents is 2. The lowest BCUT2D eigenvalue weighted by atomic mass is 10.3. The summed E-state index contributed by atoms with van der Waals surface area (Å²) in [6.45, 7) is 0. The maximum atomic E-state index is 10.9. The first-order valence-electron chi connectivity index (χ1n) is 6.56. The summed E-state index contributed by atoms with van der Waals surface area (Å²) in [6, 6.07) is 8.72. The van der Waals surface area contributed by atoms with Crippen LogP contribution in [0.4, 0.5) is 11.4 Å². The van der Waals surface area contributed by atoms with Gasteiger partial charge in [0.2, 0.25) is 10.0 Å². The van der Waals surface area contributed by atoms with E-state index in [2.05, 4.69) is 10.7 Å². The minimum atomic E-state index is -4.19. The number of benzene rings is 2. The Kier molecular flexibility index (Phi) is 10.4. The van der Waals surface area contributed by atoms with Crippen molar-refractivity contribution in [3.05, 3.63) is 72.7 Å². The fourth-order valence-electron chi connectivity index (χ4n) is 1.39. The summed E-state index contributed by atoms with van der Waals surface area (Å²) in [4.78, 5) is 18.7. The second-order valence-corrected chi connectivity index (χ2v) is 8.93. The highest BCUT2D eigenvalue weighted by Gasteiger charge is 2.17. The van der Waals surface area contributed by atoms with E-state index in [1.165, 1.54) is 24.3 Å². The van der Waals surface area contributed by atoms with Crippen molar-refractivity contribution in [2.75, 3.05) is 0 Å². The number of halogens is 3. The van der Waals surface area contributed by atoms with Crippen LogP contribution in [0.1, 0.15) is 0 Å². The van der Waals surface area contributed by atoms with Gasteiger partial charge in [-0.1, -0.05) is 23.2 Å². The fourth-order valence-corrected chi connectivity index (χ4v) is 2.58. The Morgan fingerprint density at radius 2 is 1.24 bits per heavy atom. The standard InChI is InChI=1S/C6H5ClN2O4S.C6H4ClNO2.ClHO3S/c7-5-2-1-4(9(10)11)3-6(5)14(8,12)13;7-5-1-3-6(4-2-5)8(9)10;1-5(2,3)4/h1-3H,(H2,8,12,13);1-4H;(H,2,3,4). The van der Waals surface area contributed by atoms with Crippen LogP contribution in [-0.4, -0.2) is 31.2 Å². The molecule has 0 saturated heterocycles. The molecule has 2 rings (SSSR count). The van der Waals surface area contributed by atoms with Crippen LogP contribution in [0.3, 0.4) is 0 Å². The molecule has 2 aromatic carbocycles. The molecule has 160 valence electrons. The van der Waals surface area contributed by atoms with Crippen LogP contribution in [0.2, 0.25) is 10.0 Å². The molecular formula is C12H10Cl3N3O9S2. The predicted octanol–water partition coefficient (Wildman–Crippen LogP) is 3.17. The number of hydrogen-bond acceptors (Lipinski definition) is 8. The Bertz CT molecular complexity index is 1080. The summed E-state index contributed by atoms with van der Waals surface area (Å²) >= 11 is 11.0. The van der Waals surface area contributed by atoms with Crippen molar-refractivity contribution in [2.45, 2.75) is 4.90 Å². The van der Waals surface area contributed by atoms with Crippen molar-refractivity contribution in [2.24, 2.45) is 5.14 Å². The van der Waals surface area contributed by atoms with Crippen molar-refractivity contribution in [1.29, 1.82) is 0 Å². The highest BCUT2D eigenvalue weighted by molar-refractivity contribution is 8.09. The average molecular weight is 511 g/mol. The summed E-state index contributed by atoms with van der Waals surface area (Å²) in [6.07, 6.45) is 0. The molecule has 0 fully saturated rings. The number of nitro groups is 2. The van der Waals surface area contributed by atoms with Gasteiger partial charge in [0.05, 0.1) is 14.9 Å². The third-order valence-corrected chi connectivity index (χ3v) is 4.11. The number of nitrogens with two attached hydrogens (primary N) is 1. The molecule has 0 radical (unpaired) electrons. The van der Waals surface area contributed by atoms with Gasteiger partial charge in [-0.3, -0.25) is 24.8 Å². The first-order chi connectivity index (χ1) is 13.0. The fraction of sp³-hybridized carbons (Fsp3) is 0. The molecule has 29 heavy (non-hydrogen) atoms. The third-order valence-electron chi connectivity index (χ3n) is 2.47. The zero-order valence-electron chi connectivity index (χ0n) is 13.7. The summed E-state index contributed by atoms with van der Waals surface area (Å²) in [7, 11) is -4.16. The molecule has 0 aromatic heterocycles. The van der Waals surface area contributed by atoms with E-state index in [0.29, 0.717) is 5.02 Å². The van der Waals surface area contributed by atoms with Crippen LogP contribution in [0.5, 0.6) is 0 Å². The molecule has 3 N–H and O–H groups in total. The molecule has 0 bridgehead atoms. The highest BCUT2D eigenvalue weighted by atomic mass is 35.7. The maximum absolute atomic E-state index is 10.9. The van der Waals surface area contributed by atoms with Crippen molar-refractivity contribution >= 4 is 64.6 Å². The molecule has 0 amide bonds. The first kappa shape index (κ1) is 26.9. The van der Waals surface area contributed by atoms with E-state index in [1.54, 1.807) is 0 Å². The van der Waals surface area contributed by atoms with Gasteiger partial charge in [0, 0.05) is 40.0 Å². The Balaban J connectivity index is 0.000000455. The van der Waals surface area contributed by atoms with Crippen molar-refractivity contribution < 1.29 is 31.2 Å². The zero-order valence-corrected chi connectivity index (χ0v) is 17.6. The Morgan fingerprint density at radius 3 is 1.59 bits per heavy atom. The van der Waals surface area contributed by atoms with E-state index in [0.717, 1.165) is 18.2 Å². The number of rotatable bonds is 3. The topological polar surface area (TPSA) is 201 Å². The summed E-state index contributed by atoms with van der Waals surface area (Å²) < 4.78 is 47.0. The lowest BCUT2D eigenvalue weighted by Crippen LogP contribution is -2.12. The number of sulfonamides is 1. The van der Waals surface area contributed by atoms with Crippen LogP contribution < -0.4 is 5.14 Å². The quantitative estimate of drug-likeness (QED) is 0.269. The molecule has 0 unspecified atom stereocenters. The van der Waals surface area contributed by atoms with Crippen molar-refractivity contribution in [3.63, 3.8) is 0 Å². The minimum Gasteiger partial charge on any atom is -0.273 e.